The van der Waals surface area contributed by atoms with E-state index in [1.165, 1.54) is 30.7 Å². The van der Waals surface area contributed by atoms with Gasteiger partial charge in [-0.25, -0.2) is 4.98 Å². The van der Waals surface area contributed by atoms with Crippen molar-refractivity contribution in [1.29, 1.82) is 0 Å². The molecule has 2 rings (SSSR count). The number of thiazole rings is 1. The molecule has 3 nitrogen and oxygen atoms in total. The number of rotatable bonds is 8. The van der Waals surface area contributed by atoms with Crippen LogP contribution in [-0.2, 0) is 6.42 Å². The van der Waals surface area contributed by atoms with Crippen molar-refractivity contribution in [2.75, 3.05) is 19.6 Å². The Labute approximate surface area is 127 Å². The van der Waals surface area contributed by atoms with Crippen LogP contribution in [0.5, 0.6) is 0 Å². The van der Waals surface area contributed by atoms with Crippen LogP contribution in [-0.4, -0.2) is 41.1 Å². The predicted octanol–water partition coefficient (Wildman–Crippen LogP) is 3.32. The minimum atomic E-state index is 0.338. The van der Waals surface area contributed by atoms with Crippen molar-refractivity contribution < 1.29 is 0 Å². The first-order valence-electron chi connectivity index (χ1n) is 8.13. The molecular weight excluding hydrogens is 266 g/mol. The number of aromatic nitrogens is 1. The molecule has 0 amide bonds. The van der Waals surface area contributed by atoms with Crippen molar-refractivity contribution in [3.63, 3.8) is 0 Å². The van der Waals surface area contributed by atoms with Gasteiger partial charge in [-0.05, 0) is 32.5 Å². The van der Waals surface area contributed by atoms with E-state index in [1.54, 1.807) is 11.3 Å². The Balaban J connectivity index is 2.22. The van der Waals surface area contributed by atoms with Crippen molar-refractivity contribution in [1.82, 2.24) is 15.2 Å². The average molecular weight is 295 g/mol. The van der Waals surface area contributed by atoms with E-state index in [9.17, 15) is 0 Å². The number of likely N-dealkylation sites (N-methyl/N-ethyl adjacent to an activating group) is 2. The van der Waals surface area contributed by atoms with Crippen LogP contribution >= 0.6 is 11.3 Å². The Morgan fingerprint density at radius 1 is 1.30 bits per heavy atom. The van der Waals surface area contributed by atoms with Crippen LogP contribution in [0.1, 0.15) is 51.5 Å². The van der Waals surface area contributed by atoms with Gasteiger partial charge in [0.05, 0.1) is 5.01 Å². The SMILES string of the molecule is CCNC(Cc1nccs1)C1(N(CC)CC)CCCC1. The fourth-order valence-electron chi connectivity index (χ4n) is 3.95. The summed E-state index contributed by atoms with van der Waals surface area (Å²) in [6, 6.07) is 0.529. The molecule has 114 valence electrons. The van der Waals surface area contributed by atoms with E-state index in [0.717, 1.165) is 26.1 Å². The van der Waals surface area contributed by atoms with Crippen molar-refractivity contribution in [3.05, 3.63) is 16.6 Å². The molecule has 1 fully saturated rings. The molecule has 0 spiro atoms. The smallest absolute Gasteiger partial charge is 0.0941 e. The Morgan fingerprint density at radius 3 is 2.50 bits per heavy atom. The predicted molar refractivity (Wildman–Crippen MR) is 87.4 cm³/mol. The maximum Gasteiger partial charge on any atom is 0.0941 e. The third kappa shape index (κ3) is 3.23. The number of hydrogen-bond donors (Lipinski definition) is 1. The van der Waals surface area contributed by atoms with E-state index in [2.05, 4.69) is 41.4 Å². The van der Waals surface area contributed by atoms with Gasteiger partial charge in [-0.1, -0.05) is 33.6 Å². The summed E-state index contributed by atoms with van der Waals surface area (Å²) in [5, 5.41) is 7.14. The highest BCUT2D eigenvalue weighted by molar-refractivity contribution is 7.09. The summed E-state index contributed by atoms with van der Waals surface area (Å²) < 4.78 is 0. The lowest BCUT2D eigenvalue weighted by Crippen LogP contribution is -2.60. The first-order chi connectivity index (χ1) is 9.76. The Hall–Kier alpha value is -0.450. The third-order valence-electron chi connectivity index (χ3n) is 4.82. The van der Waals surface area contributed by atoms with Gasteiger partial charge in [0.15, 0.2) is 0 Å². The average Bonchev–Trinajstić information content (AvgIpc) is 3.11. The first-order valence-corrected chi connectivity index (χ1v) is 9.01. The van der Waals surface area contributed by atoms with Crippen LogP contribution in [0.3, 0.4) is 0 Å². The molecule has 1 unspecified atom stereocenters. The zero-order valence-electron chi connectivity index (χ0n) is 13.2. The molecule has 0 radical (unpaired) electrons. The molecule has 1 aromatic heterocycles. The highest BCUT2D eigenvalue weighted by atomic mass is 32.1. The summed E-state index contributed by atoms with van der Waals surface area (Å²) >= 11 is 1.79. The standard InChI is InChI=1S/C16H29N3S/c1-4-17-14(13-15-18-11-12-20-15)16(9-7-8-10-16)19(5-2)6-3/h11-12,14,17H,4-10,13H2,1-3H3. The van der Waals surface area contributed by atoms with E-state index in [0.29, 0.717) is 11.6 Å². The molecule has 1 aliphatic carbocycles. The fourth-order valence-corrected chi connectivity index (χ4v) is 4.62. The largest absolute Gasteiger partial charge is 0.312 e. The molecule has 1 heterocycles. The van der Waals surface area contributed by atoms with Gasteiger partial charge in [-0.15, -0.1) is 11.3 Å². The Bertz CT molecular complexity index is 367. The zero-order valence-corrected chi connectivity index (χ0v) is 14.0. The third-order valence-corrected chi connectivity index (χ3v) is 5.63. The second kappa shape index (κ2) is 7.53. The lowest BCUT2D eigenvalue weighted by molar-refractivity contribution is 0.0635. The van der Waals surface area contributed by atoms with Gasteiger partial charge >= 0.3 is 0 Å². The Kier molecular flexibility index (Phi) is 6.00. The molecule has 0 aromatic carbocycles. The van der Waals surface area contributed by atoms with Crippen LogP contribution in [0.15, 0.2) is 11.6 Å². The van der Waals surface area contributed by atoms with Crippen LogP contribution in [0.2, 0.25) is 0 Å². The second-order valence-corrected chi connectivity index (χ2v) is 6.70. The van der Waals surface area contributed by atoms with Gasteiger partial charge in [-0.3, -0.25) is 4.90 Å². The van der Waals surface area contributed by atoms with Crippen molar-refractivity contribution in [3.8, 4) is 0 Å². The summed E-state index contributed by atoms with van der Waals surface area (Å²) in [6.45, 7) is 10.2. The van der Waals surface area contributed by atoms with Crippen LogP contribution in [0.25, 0.3) is 0 Å². The first kappa shape index (κ1) is 15.9. The summed E-state index contributed by atoms with van der Waals surface area (Å²) in [6.07, 6.45) is 8.41. The second-order valence-electron chi connectivity index (χ2n) is 5.72. The molecular formula is C16H29N3S. The summed E-state index contributed by atoms with van der Waals surface area (Å²) in [4.78, 5) is 7.21. The van der Waals surface area contributed by atoms with E-state index < -0.39 is 0 Å². The molecule has 0 aliphatic heterocycles. The molecule has 1 atom stereocenters. The van der Waals surface area contributed by atoms with Crippen LogP contribution in [0.4, 0.5) is 0 Å². The maximum atomic E-state index is 4.51. The van der Waals surface area contributed by atoms with Gasteiger partial charge in [0, 0.05) is 29.6 Å². The lowest BCUT2D eigenvalue weighted by atomic mass is 9.84. The summed E-state index contributed by atoms with van der Waals surface area (Å²) in [5.41, 5.74) is 0.338. The number of hydrogen-bond acceptors (Lipinski definition) is 4. The van der Waals surface area contributed by atoms with Crippen molar-refractivity contribution in [2.45, 2.75) is 64.5 Å². The van der Waals surface area contributed by atoms with E-state index in [1.807, 2.05) is 6.20 Å². The summed E-state index contributed by atoms with van der Waals surface area (Å²) in [7, 11) is 0. The van der Waals surface area contributed by atoms with E-state index in [-0.39, 0.29) is 0 Å². The molecule has 1 aromatic rings. The number of nitrogens with one attached hydrogen (secondary N) is 1. The number of nitrogens with zero attached hydrogens (tertiary/aromatic N) is 2. The van der Waals surface area contributed by atoms with Gasteiger partial charge < -0.3 is 5.32 Å². The summed E-state index contributed by atoms with van der Waals surface area (Å²) in [5.74, 6) is 0. The Morgan fingerprint density at radius 2 is 2.00 bits per heavy atom. The molecule has 20 heavy (non-hydrogen) atoms. The topological polar surface area (TPSA) is 28.2 Å². The molecule has 4 heteroatoms. The highest BCUT2D eigenvalue weighted by Gasteiger charge is 2.44. The molecule has 1 N–H and O–H groups in total. The normalized spacial score (nSPS) is 19.6. The molecule has 1 saturated carbocycles. The lowest BCUT2D eigenvalue weighted by Gasteiger charge is -2.46. The quantitative estimate of drug-likeness (QED) is 0.797. The van der Waals surface area contributed by atoms with Crippen molar-refractivity contribution >= 4 is 11.3 Å². The monoisotopic (exact) mass is 295 g/mol. The van der Waals surface area contributed by atoms with Crippen molar-refractivity contribution in [2.24, 2.45) is 0 Å². The highest BCUT2D eigenvalue weighted by Crippen LogP contribution is 2.39. The van der Waals surface area contributed by atoms with Gasteiger partial charge in [0.25, 0.3) is 0 Å². The maximum absolute atomic E-state index is 4.51. The molecule has 0 saturated heterocycles. The van der Waals surface area contributed by atoms with Gasteiger partial charge in [-0.2, -0.15) is 0 Å². The van der Waals surface area contributed by atoms with Gasteiger partial charge in [0.2, 0.25) is 0 Å². The van der Waals surface area contributed by atoms with Crippen LogP contribution in [0, 0.1) is 0 Å². The van der Waals surface area contributed by atoms with Gasteiger partial charge in [0.1, 0.15) is 0 Å². The van der Waals surface area contributed by atoms with E-state index >= 15 is 0 Å². The zero-order chi connectivity index (χ0) is 14.4. The van der Waals surface area contributed by atoms with Crippen LogP contribution < -0.4 is 5.32 Å². The molecule has 0 bridgehead atoms. The molecule has 1 aliphatic rings. The minimum absolute atomic E-state index is 0.338. The fraction of sp³-hybridized carbons (Fsp3) is 0.812. The minimum Gasteiger partial charge on any atom is -0.312 e. The van der Waals surface area contributed by atoms with E-state index in [4.69, 9.17) is 0 Å².